The lowest BCUT2D eigenvalue weighted by Gasteiger charge is -2.32. The van der Waals surface area contributed by atoms with Gasteiger partial charge in [-0.3, -0.25) is 24.0 Å². The minimum absolute atomic E-state index is 0.00265. The minimum atomic E-state index is -1.40. The van der Waals surface area contributed by atoms with Crippen LogP contribution in [0.4, 0.5) is 0 Å². The first kappa shape index (κ1) is 49.1. The van der Waals surface area contributed by atoms with Crippen LogP contribution in [0.2, 0.25) is 0 Å². The number of rotatable bonds is 17. The summed E-state index contributed by atoms with van der Waals surface area (Å²) in [6.45, 7) is 7.61. The Labute approximate surface area is 379 Å². The predicted octanol–water partition coefficient (Wildman–Crippen LogP) is 1.89. The molecule has 5 rings (SSSR count). The van der Waals surface area contributed by atoms with Gasteiger partial charge in [-0.1, -0.05) is 43.7 Å². The maximum atomic E-state index is 14.7. The molecular weight excluding hydrogens is 831 g/mol. The molecule has 5 amide bonds. The summed E-state index contributed by atoms with van der Waals surface area (Å²) < 4.78 is 12.2. The number of carbonyl (C=O) groups excluding carboxylic acids is 5. The van der Waals surface area contributed by atoms with Crippen molar-refractivity contribution in [1.82, 2.24) is 36.1 Å². The summed E-state index contributed by atoms with van der Waals surface area (Å²) in [5.74, 6) is -2.12. The molecule has 18 nitrogen and oxygen atoms in total. The lowest BCUT2D eigenvalue weighted by molar-refractivity contribution is -0.141. The van der Waals surface area contributed by atoms with Gasteiger partial charge in [0.25, 0.3) is 5.91 Å². The van der Waals surface area contributed by atoms with Crippen LogP contribution in [0.1, 0.15) is 71.0 Å². The minimum Gasteiger partial charge on any atom is -0.492 e. The number of hydrogen-bond acceptors (Lipinski definition) is 13. The number of carbonyl (C=O) groups is 5. The predicted molar refractivity (Wildman–Crippen MR) is 244 cm³/mol. The summed E-state index contributed by atoms with van der Waals surface area (Å²) in [5, 5.41) is 19.9. The second-order valence-electron chi connectivity index (χ2n) is 15.8. The van der Waals surface area contributed by atoms with Gasteiger partial charge in [0.2, 0.25) is 23.6 Å². The standard InChI is InChI=1S/C47H59N11O7/c1-6-7-30-8-11-33(27(2)22-30)42-53-26-36(28(3)54-42)44(60)56-37(14-15-48)47(63)58(5)41-32-10-13-40(65-21-18-51)35(25-32)34-23-31(9-12-39(34)64-20-17-50)24-38(45(61)52-19-16-49)57-43(59)29(4)55-46(41)62/h8-13,22-23,25-26,29,37-38,41H,6-7,14-15,17-21,24,48,50-51H2,1-5H3,(H,52,61)(H,55,62)(H,56,60)(H,57,59)/t29-,37?,38-,41-/m0/s1. The van der Waals surface area contributed by atoms with Gasteiger partial charge in [0.1, 0.15) is 55.4 Å². The number of nitrogens with one attached hydrogen (secondary N) is 4. The maximum Gasteiger partial charge on any atom is 0.255 e. The molecule has 3 aromatic carbocycles. The smallest absolute Gasteiger partial charge is 0.255 e. The maximum absolute atomic E-state index is 14.7. The van der Waals surface area contributed by atoms with Gasteiger partial charge in [-0.05, 0) is 86.7 Å². The molecule has 0 aliphatic carbocycles. The highest BCUT2D eigenvalue weighted by Crippen LogP contribution is 2.40. The third-order valence-corrected chi connectivity index (χ3v) is 10.9. The topological polar surface area (TPSA) is 283 Å². The van der Waals surface area contributed by atoms with Gasteiger partial charge >= 0.3 is 0 Å². The molecule has 4 bridgehead atoms. The van der Waals surface area contributed by atoms with Crippen LogP contribution in [-0.4, -0.2) is 109 Å². The van der Waals surface area contributed by atoms with Crippen LogP contribution in [0.25, 0.3) is 22.5 Å². The lowest BCUT2D eigenvalue weighted by Crippen LogP contribution is -2.56. The van der Waals surface area contributed by atoms with E-state index < -0.39 is 53.7 Å². The molecule has 0 saturated carbocycles. The zero-order valence-electron chi connectivity index (χ0n) is 37.5. The molecule has 344 valence electrons. The van der Waals surface area contributed by atoms with Crippen LogP contribution in [0.5, 0.6) is 11.5 Å². The van der Waals surface area contributed by atoms with Crippen molar-refractivity contribution < 1.29 is 33.4 Å². The second kappa shape index (κ2) is 23.1. The molecule has 4 aromatic rings. The van der Waals surface area contributed by atoms with Crippen molar-refractivity contribution in [2.24, 2.45) is 17.2 Å². The molecule has 18 heteroatoms. The van der Waals surface area contributed by atoms with Gasteiger partial charge in [-0.15, -0.1) is 0 Å². The molecule has 1 aromatic heterocycles. The third-order valence-electron chi connectivity index (χ3n) is 10.9. The molecule has 1 aliphatic rings. The number of benzene rings is 3. The Kier molecular flexibility index (Phi) is 17.5. The average Bonchev–Trinajstić information content (AvgIpc) is 3.28. The number of nitrogens with zero attached hydrogens (tertiary/aromatic N) is 4. The van der Waals surface area contributed by atoms with Crippen LogP contribution in [0.3, 0.4) is 0 Å². The van der Waals surface area contributed by atoms with Crippen molar-refractivity contribution in [2.45, 2.75) is 77.5 Å². The molecule has 0 spiro atoms. The Balaban J connectivity index is 1.56. The second-order valence-corrected chi connectivity index (χ2v) is 15.8. The van der Waals surface area contributed by atoms with E-state index in [2.05, 4.69) is 44.2 Å². The van der Waals surface area contributed by atoms with Gasteiger partial charge in [0, 0.05) is 49.4 Å². The molecular formula is C47H59N11O7. The number of aromatic nitrogens is 2. The van der Waals surface area contributed by atoms with E-state index in [9.17, 15) is 24.0 Å². The normalized spacial score (nSPS) is 16.4. The number of likely N-dealkylation sites (N-methyl/N-ethyl adjacent to an activating group) is 1. The monoisotopic (exact) mass is 889 g/mol. The fourth-order valence-electron chi connectivity index (χ4n) is 7.61. The van der Waals surface area contributed by atoms with E-state index in [1.807, 2.05) is 25.1 Å². The molecule has 0 saturated heterocycles. The van der Waals surface area contributed by atoms with Gasteiger partial charge in [0.05, 0.1) is 17.3 Å². The SMILES string of the molecule is CCCc1ccc(-c2ncc(C(=O)NC(CCN)C(=O)N(C)[C@@H]3C(=O)N[C@@H](C)C(=O)N[C@H](C(=O)NCC#N)Cc4ccc(OCCN)c(c4)-c4cc3ccc4OCCN)c(C)n2)c(C)c1. The van der Waals surface area contributed by atoms with E-state index >= 15 is 0 Å². The first-order valence-electron chi connectivity index (χ1n) is 21.6. The number of aryl methyl sites for hydroxylation is 3. The molecule has 0 fully saturated rings. The van der Waals surface area contributed by atoms with E-state index in [0.29, 0.717) is 45.3 Å². The number of nitrogens with two attached hydrogens (primary N) is 3. The summed E-state index contributed by atoms with van der Waals surface area (Å²) in [6.07, 6.45) is 3.40. The van der Waals surface area contributed by atoms with Crippen molar-refractivity contribution in [3.8, 4) is 40.1 Å². The van der Waals surface area contributed by atoms with E-state index in [-0.39, 0.29) is 57.8 Å². The van der Waals surface area contributed by atoms with E-state index in [4.69, 9.17) is 31.9 Å². The fourth-order valence-corrected chi connectivity index (χ4v) is 7.61. The van der Waals surface area contributed by atoms with Crippen molar-refractivity contribution in [3.63, 3.8) is 0 Å². The summed E-state index contributed by atoms with van der Waals surface area (Å²) in [4.78, 5) is 80.5. The number of hydrogen-bond donors (Lipinski definition) is 7. The summed E-state index contributed by atoms with van der Waals surface area (Å²) >= 11 is 0. The molecule has 1 aliphatic heterocycles. The Hall–Kier alpha value is -6.94. The van der Waals surface area contributed by atoms with Crippen molar-refractivity contribution in [2.75, 3.05) is 46.4 Å². The van der Waals surface area contributed by atoms with Crippen molar-refractivity contribution >= 4 is 29.5 Å². The molecule has 4 atom stereocenters. The lowest BCUT2D eigenvalue weighted by atomic mass is 9.93. The fraction of sp³-hybridized carbons (Fsp3) is 0.404. The largest absolute Gasteiger partial charge is 0.492 e. The van der Waals surface area contributed by atoms with E-state index in [0.717, 1.165) is 24.0 Å². The van der Waals surface area contributed by atoms with Gasteiger partial charge in [0.15, 0.2) is 5.82 Å². The number of fused-ring (bicyclic) bond motifs is 5. The highest BCUT2D eigenvalue weighted by molar-refractivity contribution is 6.00. The Bertz CT molecular complexity index is 2420. The van der Waals surface area contributed by atoms with Crippen LogP contribution in [-0.2, 0) is 32.0 Å². The van der Waals surface area contributed by atoms with Crippen LogP contribution in [0, 0.1) is 25.2 Å². The summed E-state index contributed by atoms with van der Waals surface area (Å²) in [6, 6.07) is 13.2. The third kappa shape index (κ3) is 12.2. The highest BCUT2D eigenvalue weighted by Gasteiger charge is 2.36. The number of nitriles is 1. The average molecular weight is 890 g/mol. The molecule has 0 radical (unpaired) electrons. The molecule has 2 heterocycles. The Morgan fingerprint density at radius 2 is 1.62 bits per heavy atom. The summed E-state index contributed by atoms with van der Waals surface area (Å²) in [5.41, 5.74) is 23.1. The zero-order valence-corrected chi connectivity index (χ0v) is 37.5. The number of ether oxygens (including phenoxy) is 2. The van der Waals surface area contributed by atoms with Crippen LogP contribution < -0.4 is 47.9 Å². The van der Waals surface area contributed by atoms with Crippen LogP contribution in [0.15, 0.2) is 60.8 Å². The Morgan fingerprint density at radius 1 is 0.923 bits per heavy atom. The van der Waals surface area contributed by atoms with Crippen molar-refractivity contribution in [1.29, 1.82) is 5.26 Å². The first-order chi connectivity index (χ1) is 31.2. The summed E-state index contributed by atoms with van der Waals surface area (Å²) in [7, 11) is 1.41. The van der Waals surface area contributed by atoms with Crippen LogP contribution >= 0.6 is 0 Å². The Morgan fingerprint density at radius 3 is 2.25 bits per heavy atom. The van der Waals surface area contributed by atoms with Crippen molar-refractivity contribution in [3.05, 3.63) is 94.3 Å². The van der Waals surface area contributed by atoms with Gasteiger partial charge in [-0.2, -0.15) is 5.26 Å². The van der Waals surface area contributed by atoms with Gasteiger partial charge < -0.3 is 52.8 Å². The molecule has 1 unspecified atom stereocenters. The number of amides is 5. The molecule has 10 N–H and O–H groups in total. The molecule has 65 heavy (non-hydrogen) atoms. The highest BCUT2D eigenvalue weighted by atomic mass is 16.5. The zero-order chi connectivity index (χ0) is 47.2. The van der Waals surface area contributed by atoms with E-state index in [1.54, 1.807) is 43.3 Å². The van der Waals surface area contributed by atoms with E-state index in [1.165, 1.54) is 30.6 Å². The quantitative estimate of drug-likeness (QED) is 0.0747. The van der Waals surface area contributed by atoms with Gasteiger partial charge in [-0.25, -0.2) is 9.97 Å². The first-order valence-corrected chi connectivity index (χ1v) is 21.6.